The van der Waals surface area contributed by atoms with E-state index >= 15 is 0 Å². The molecule has 0 aromatic carbocycles. The van der Waals surface area contributed by atoms with Gasteiger partial charge in [-0.15, -0.1) is 0 Å². The van der Waals surface area contributed by atoms with E-state index in [1.165, 1.54) is 295 Å². The van der Waals surface area contributed by atoms with Crippen molar-refractivity contribution in [1.29, 1.82) is 0 Å². The van der Waals surface area contributed by atoms with Gasteiger partial charge in [0.2, 0.25) is 0 Å². The van der Waals surface area contributed by atoms with Crippen LogP contribution in [0.4, 0.5) is 0 Å². The third-order valence-electron chi connectivity index (χ3n) is 15.6. The van der Waals surface area contributed by atoms with Gasteiger partial charge in [-0.2, -0.15) is 0 Å². The van der Waals surface area contributed by atoms with E-state index in [2.05, 4.69) is 13.8 Å². The first-order chi connectivity index (χ1) is 37.0. The van der Waals surface area contributed by atoms with E-state index in [-0.39, 0.29) is 32.0 Å². The second kappa shape index (κ2) is 58.7. The molecule has 0 aromatic heterocycles. The van der Waals surface area contributed by atoms with Gasteiger partial charge in [-0.1, -0.05) is 335 Å². The molecule has 10 heteroatoms. The Bertz CT molecular complexity index is 1240. The van der Waals surface area contributed by atoms with Crippen LogP contribution in [0.5, 0.6) is 0 Å². The molecular weight excluding hydrogens is 966 g/mol. The lowest BCUT2D eigenvalue weighted by Gasteiger charge is -2.28. The molecule has 0 N–H and O–H groups in total. The standard InChI is InChI=1S/C66H132NO8P/c1-6-8-10-12-14-16-18-20-22-23-24-25-26-27-28-29-30-31-32-33-34-35-36-37-38-39-40-41-42-43-44-45-47-49-51-53-55-57-59-66(69)75-64(63-74-76(70,71)73-61-60-67(3,4)5)62-72-65(68)58-56-54-52-50-48-46-21-19-17-15-13-11-9-7-2/h64H,6-63H2,1-5H3. The summed E-state index contributed by atoms with van der Waals surface area (Å²) in [6, 6.07) is 0. The van der Waals surface area contributed by atoms with Crippen LogP contribution in [0.15, 0.2) is 0 Å². The molecule has 0 aliphatic rings. The maximum Gasteiger partial charge on any atom is 0.306 e. The Kier molecular flexibility index (Phi) is 57.9. The summed E-state index contributed by atoms with van der Waals surface area (Å²) >= 11 is 0. The molecule has 0 spiro atoms. The van der Waals surface area contributed by atoms with Crippen molar-refractivity contribution in [1.82, 2.24) is 0 Å². The van der Waals surface area contributed by atoms with Gasteiger partial charge in [-0.3, -0.25) is 14.2 Å². The average Bonchev–Trinajstić information content (AvgIpc) is 3.38. The largest absolute Gasteiger partial charge is 0.756 e. The van der Waals surface area contributed by atoms with Gasteiger partial charge in [-0.25, -0.2) is 0 Å². The maximum atomic E-state index is 12.8. The highest BCUT2D eigenvalue weighted by Crippen LogP contribution is 2.38. The first kappa shape index (κ1) is 75.0. The molecule has 0 saturated carbocycles. The average molecular weight is 1100 g/mol. The van der Waals surface area contributed by atoms with Crippen molar-refractivity contribution < 1.29 is 42.1 Å². The molecular formula is C66H132NO8P. The summed E-state index contributed by atoms with van der Waals surface area (Å²) in [5.74, 6) is -0.809. The maximum absolute atomic E-state index is 12.8. The molecule has 454 valence electrons. The zero-order valence-electron chi connectivity index (χ0n) is 51.7. The van der Waals surface area contributed by atoms with Gasteiger partial charge in [0.05, 0.1) is 27.7 Å². The van der Waals surface area contributed by atoms with Gasteiger partial charge in [0.1, 0.15) is 19.8 Å². The van der Waals surface area contributed by atoms with Crippen molar-refractivity contribution in [2.75, 3.05) is 47.5 Å². The predicted octanol–water partition coefficient (Wildman–Crippen LogP) is 20.8. The van der Waals surface area contributed by atoms with Gasteiger partial charge < -0.3 is 27.9 Å². The molecule has 2 atom stereocenters. The van der Waals surface area contributed by atoms with Crippen molar-refractivity contribution in [2.24, 2.45) is 0 Å². The van der Waals surface area contributed by atoms with Gasteiger partial charge in [0, 0.05) is 12.8 Å². The topological polar surface area (TPSA) is 111 Å². The van der Waals surface area contributed by atoms with E-state index < -0.39 is 26.5 Å². The number of phosphoric acid groups is 1. The Morgan fingerprint density at radius 3 is 0.842 bits per heavy atom. The van der Waals surface area contributed by atoms with Gasteiger partial charge >= 0.3 is 11.9 Å². The quantitative estimate of drug-likeness (QED) is 0.0256. The number of unbranched alkanes of at least 4 members (excludes halogenated alkanes) is 50. The SMILES string of the molecule is CCCCCCCCCCCCCCCCCCCCCCCCCCCCCCCCCCCCCCCCC(=O)OC(COC(=O)CCCCCCCCCCCCCCCC)COP(=O)([O-])OCC[N+](C)(C)C. The fraction of sp³-hybridized carbons (Fsp3) is 0.970. The number of carbonyl (C=O) groups excluding carboxylic acids is 2. The first-order valence-corrected chi connectivity index (χ1v) is 35.2. The van der Waals surface area contributed by atoms with Crippen molar-refractivity contribution in [2.45, 2.75) is 367 Å². The summed E-state index contributed by atoms with van der Waals surface area (Å²) in [5, 5.41) is 0. The highest BCUT2D eigenvalue weighted by atomic mass is 31.2. The van der Waals surface area contributed by atoms with Crippen LogP contribution in [-0.2, 0) is 32.7 Å². The fourth-order valence-corrected chi connectivity index (χ4v) is 11.2. The van der Waals surface area contributed by atoms with Crippen molar-refractivity contribution in [3.63, 3.8) is 0 Å². The summed E-state index contributed by atoms with van der Waals surface area (Å²) in [6.45, 7) is 4.31. The molecule has 76 heavy (non-hydrogen) atoms. The lowest BCUT2D eigenvalue weighted by Crippen LogP contribution is -2.37. The number of rotatable bonds is 64. The molecule has 2 unspecified atom stereocenters. The van der Waals surface area contributed by atoms with Crippen LogP contribution < -0.4 is 4.89 Å². The number of nitrogens with zero attached hydrogens (tertiary/aromatic N) is 1. The molecule has 0 fully saturated rings. The highest BCUT2D eigenvalue weighted by Gasteiger charge is 2.22. The van der Waals surface area contributed by atoms with Crippen LogP contribution in [0.25, 0.3) is 0 Å². The number of quaternary nitrogens is 1. The van der Waals surface area contributed by atoms with E-state index in [1.54, 1.807) is 0 Å². The monoisotopic (exact) mass is 1100 g/mol. The van der Waals surface area contributed by atoms with E-state index in [0.717, 1.165) is 32.1 Å². The van der Waals surface area contributed by atoms with Crippen LogP contribution >= 0.6 is 7.82 Å². The lowest BCUT2D eigenvalue weighted by molar-refractivity contribution is -0.870. The van der Waals surface area contributed by atoms with Gasteiger partial charge in [0.25, 0.3) is 7.82 Å². The Morgan fingerprint density at radius 2 is 0.592 bits per heavy atom. The molecule has 0 aliphatic carbocycles. The molecule has 0 amide bonds. The molecule has 0 heterocycles. The van der Waals surface area contributed by atoms with E-state index in [1.807, 2.05) is 21.1 Å². The second-order valence-electron chi connectivity index (χ2n) is 24.6. The van der Waals surface area contributed by atoms with E-state index in [0.29, 0.717) is 17.4 Å². The summed E-state index contributed by atoms with van der Waals surface area (Å²) < 4.78 is 34.2. The number of ether oxygens (including phenoxy) is 2. The third kappa shape index (κ3) is 62.2. The highest BCUT2D eigenvalue weighted by molar-refractivity contribution is 7.45. The summed E-state index contributed by atoms with van der Waals surface area (Å²) in [5.41, 5.74) is 0. The van der Waals surface area contributed by atoms with Crippen LogP contribution in [0, 0.1) is 0 Å². The Hall–Kier alpha value is -0.990. The molecule has 0 aromatic rings. The minimum atomic E-state index is -4.63. The Labute approximate surface area is 474 Å². The molecule has 0 bridgehead atoms. The van der Waals surface area contributed by atoms with E-state index in [9.17, 15) is 19.0 Å². The van der Waals surface area contributed by atoms with Crippen molar-refractivity contribution in [3.8, 4) is 0 Å². The molecule has 0 aliphatic heterocycles. The minimum absolute atomic E-state index is 0.0251. The normalized spacial score (nSPS) is 13.1. The molecule has 9 nitrogen and oxygen atoms in total. The van der Waals surface area contributed by atoms with Gasteiger partial charge in [-0.05, 0) is 12.8 Å². The minimum Gasteiger partial charge on any atom is -0.756 e. The van der Waals surface area contributed by atoms with Crippen molar-refractivity contribution >= 4 is 19.8 Å². The number of hydrogen-bond acceptors (Lipinski definition) is 8. The summed E-state index contributed by atoms with van der Waals surface area (Å²) in [4.78, 5) is 37.9. The smallest absolute Gasteiger partial charge is 0.306 e. The Morgan fingerprint density at radius 1 is 0.355 bits per heavy atom. The molecule has 0 rings (SSSR count). The third-order valence-corrected chi connectivity index (χ3v) is 16.6. The van der Waals surface area contributed by atoms with Crippen LogP contribution in [-0.4, -0.2) is 70.0 Å². The number of hydrogen-bond donors (Lipinski definition) is 0. The number of likely N-dealkylation sites (N-methyl/N-ethyl adjacent to an activating group) is 1. The van der Waals surface area contributed by atoms with Crippen LogP contribution in [0.3, 0.4) is 0 Å². The second-order valence-corrected chi connectivity index (χ2v) is 26.0. The number of carbonyl (C=O) groups is 2. The molecule has 0 saturated heterocycles. The summed E-state index contributed by atoms with van der Waals surface area (Å²) in [7, 11) is 1.19. The van der Waals surface area contributed by atoms with E-state index in [4.69, 9.17) is 18.5 Å². The Balaban J connectivity index is 3.84. The number of esters is 2. The fourth-order valence-electron chi connectivity index (χ4n) is 10.4. The van der Waals surface area contributed by atoms with Crippen LogP contribution in [0.2, 0.25) is 0 Å². The first-order valence-electron chi connectivity index (χ1n) is 33.7. The lowest BCUT2D eigenvalue weighted by atomic mass is 10.0. The van der Waals surface area contributed by atoms with Gasteiger partial charge in [0.15, 0.2) is 6.10 Å². The number of phosphoric ester groups is 1. The molecule has 0 radical (unpaired) electrons. The van der Waals surface area contributed by atoms with Crippen LogP contribution in [0.1, 0.15) is 361 Å². The summed E-state index contributed by atoms with van der Waals surface area (Å²) in [6.07, 6.45) is 69.2. The zero-order valence-corrected chi connectivity index (χ0v) is 52.6. The predicted molar refractivity (Wildman–Crippen MR) is 324 cm³/mol. The van der Waals surface area contributed by atoms with Crippen molar-refractivity contribution in [3.05, 3.63) is 0 Å². The zero-order chi connectivity index (χ0) is 55.6.